The number of benzene rings is 2. The van der Waals surface area contributed by atoms with Gasteiger partial charge in [0.05, 0.1) is 6.61 Å². The molecule has 0 unspecified atom stereocenters. The third-order valence-electron chi connectivity index (χ3n) is 4.74. The first kappa shape index (κ1) is 17.6. The first-order chi connectivity index (χ1) is 12.3. The van der Waals surface area contributed by atoms with Crippen LogP contribution in [0.25, 0.3) is 0 Å². The van der Waals surface area contributed by atoms with Crippen molar-refractivity contribution in [2.75, 3.05) is 26.2 Å². The summed E-state index contributed by atoms with van der Waals surface area (Å²) in [4.78, 5) is 15.1. The molecule has 0 aromatic heterocycles. The lowest BCUT2D eigenvalue weighted by Crippen LogP contribution is -2.39. The number of ether oxygens (including phenoxy) is 1. The van der Waals surface area contributed by atoms with E-state index in [9.17, 15) is 4.79 Å². The number of likely N-dealkylation sites (tertiary alicyclic amines) is 1. The molecule has 0 amide bonds. The smallest absolute Gasteiger partial charge is 0.318 e. The lowest BCUT2D eigenvalue weighted by molar-refractivity contribution is -0.152. The molecule has 2 aromatic carbocycles. The van der Waals surface area contributed by atoms with E-state index in [-0.39, 0.29) is 18.7 Å². The zero-order chi connectivity index (χ0) is 17.5. The van der Waals surface area contributed by atoms with Gasteiger partial charge in [-0.25, -0.2) is 0 Å². The van der Waals surface area contributed by atoms with Crippen molar-refractivity contribution in [3.8, 4) is 0 Å². The molecule has 1 aliphatic rings. The van der Waals surface area contributed by atoms with E-state index in [2.05, 4.69) is 4.90 Å². The lowest BCUT2D eigenvalue weighted by Gasteiger charge is -2.32. The molecule has 4 nitrogen and oxygen atoms in total. The summed E-state index contributed by atoms with van der Waals surface area (Å²) in [5, 5.41) is 9.03. The van der Waals surface area contributed by atoms with Crippen LogP contribution in [0.2, 0.25) is 0 Å². The standard InChI is InChI=1S/C21H25NO3/c23-16-15-22-13-11-19(12-14-22)25-21(24)20(17-7-3-1-4-8-17)18-9-5-2-6-10-18/h1-10,19-20,23H,11-16H2. The predicted octanol–water partition coefficient (Wildman–Crippen LogP) is 2.82. The summed E-state index contributed by atoms with van der Waals surface area (Å²) in [7, 11) is 0. The number of aliphatic hydroxyl groups excluding tert-OH is 1. The SMILES string of the molecule is O=C(OC1CCN(CCO)CC1)C(c1ccccc1)c1ccccc1. The van der Waals surface area contributed by atoms with Crippen molar-refractivity contribution in [3.63, 3.8) is 0 Å². The highest BCUT2D eigenvalue weighted by Gasteiger charge is 2.28. The number of hydrogen-bond acceptors (Lipinski definition) is 4. The maximum absolute atomic E-state index is 12.9. The largest absolute Gasteiger partial charge is 0.462 e. The van der Waals surface area contributed by atoms with E-state index in [0.29, 0.717) is 6.54 Å². The van der Waals surface area contributed by atoms with Gasteiger partial charge >= 0.3 is 5.97 Å². The maximum Gasteiger partial charge on any atom is 0.318 e. The number of rotatable bonds is 6. The number of aliphatic hydroxyl groups is 1. The highest BCUT2D eigenvalue weighted by atomic mass is 16.5. The number of piperidine rings is 1. The average molecular weight is 339 g/mol. The van der Waals surface area contributed by atoms with E-state index >= 15 is 0 Å². The fraction of sp³-hybridized carbons (Fsp3) is 0.381. The Morgan fingerprint density at radius 3 is 2.00 bits per heavy atom. The molecule has 25 heavy (non-hydrogen) atoms. The Balaban J connectivity index is 1.70. The fourth-order valence-electron chi connectivity index (χ4n) is 3.38. The van der Waals surface area contributed by atoms with E-state index in [4.69, 9.17) is 9.84 Å². The Kier molecular flexibility index (Phi) is 6.20. The summed E-state index contributed by atoms with van der Waals surface area (Å²) in [6, 6.07) is 19.6. The average Bonchev–Trinajstić information content (AvgIpc) is 2.66. The number of hydrogen-bond donors (Lipinski definition) is 1. The molecule has 132 valence electrons. The second-order valence-corrected chi connectivity index (χ2v) is 6.46. The molecule has 1 heterocycles. The zero-order valence-corrected chi connectivity index (χ0v) is 14.4. The van der Waals surface area contributed by atoms with Crippen molar-refractivity contribution in [1.82, 2.24) is 4.90 Å². The van der Waals surface area contributed by atoms with Crippen molar-refractivity contribution < 1.29 is 14.6 Å². The van der Waals surface area contributed by atoms with Crippen LogP contribution in [0.3, 0.4) is 0 Å². The highest BCUT2D eigenvalue weighted by Crippen LogP contribution is 2.27. The molecule has 2 aromatic rings. The predicted molar refractivity (Wildman–Crippen MR) is 97.4 cm³/mol. The Morgan fingerprint density at radius 1 is 1.00 bits per heavy atom. The van der Waals surface area contributed by atoms with Gasteiger partial charge in [0.15, 0.2) is 0 Å². The molecule has 0 aliphatic carbocycles. The van der Waals surface area contributed by atoms with Gasteiger partial charge < -0.3 is 14.7 Å². The minimum Gasteiger partial charge on any atom is -0.462 e. The normalized spacial score (nSPS) is 16.1. The summed E-state index contributed by atoms with van der Waals surface area (Å²) in [5.74, 6) is -0.573. The van der Waals surface area contributed by atoms with Crippen LogP contribution in [0.4, 0.5) is 0 Å². The molecule has 0 saturated carbocycles. The summed E-state index contributed by atoms with van der Waals surface area (Å²) in [5.41, 5.74) is 1.91. The van der Waals surface area contributed by atoms with Crippen LogP contribution < -0.4 is 0 Å². The third-order valence-corrected chi connectivity index (χ3v) is 4.74. The molecular weight excluding hydrogens is 314 g/mol. The second kappa shape index (κ2) is 8.79. The zero-order valence-electron chi connectivity index (χ0n) is 14.4. The Morgan fingerprint density at radius 2 is 1.52 bits per heavy atom. The first-order valence-electron chi connectivity index (χ1n) is 8.91. The van der Waals surface area contributed by atoms with E-state index in [1.54, 1.807) is 0 Å². The number of carbonyl (C=O) groups is 1. The topological polar surface area (TPSA) is 49.8 Å². The molecule has 0 radical (unpaired) electrons. The van der Waals surface area contributed by atoms with Crippen LogP contribution in [-0.2, 0) is 9.53 Å². The number of β-amino-alcohol motifs (C(OH)–C–C–N with tert-alkyl or cyclic N) is 1. The third kappa shape index (κ3) is 4.68. The van der Waals surface area contributed by atoms with E-state index in [0.717, 1.165) is 37.1 Å². The highest BCUT2D eigenvalue weighted by molar-refractivity contribution is 5.82. The van der Waals surface area contributed by atoms with Gasteiger partial charge in [0.25, 0.3) is 0 Å². The van der Waals surface area contributed by atoms with E-state index in [1.807, 2.05) is 60.7 Å². The molecule has 4 heteroatoms. The van der Waals surface area contributed by atoms with Gasteiger partial charge in [0.2, 0.25) is 0 Å². The number of nitrogens with zero attached hydrogens (tertiary/aromatic N) is 1. The summed E-state index contributed by atoms with van der Waals surface area (Å²) < 4.78 is 5.86. The summed E-state index contributed by atoms with van der Waals surface area (Å²) in [6.07, 6.45) is 1.60. The molecular formula is C21H25NO3. The fourth-order valence-corrected chi connectivity index (χ4v) is 3.38. The molecule has 3 rings (SSSR count). The molecule has 1 fully saturated rings. The van der Waals surface area contributed by atoms with E-state index < -0.39 is 5.92 Å². The molecule has 1 N–H and O–H groups in total. The number of esters is 1. The summed E-state index contributed by atoms with van der Waals surface area (Å²) in [6.45, 7) is 2.59. The van der Waals surface area contributed by atoms with Gasteiger partial charge in [-0.2, -0.15) is 0 Å². The monoisotopic (exact) mass is 339 g/mol. The van der Waals surface area contributed by atoms with Crippen molar-refractivity contribution in [3.05, 3.63) is 71.8 Å². The van der Waals surface area contributed by atoms with Gasteiger partial charge in [0.1, 0.15) is 12.0 Å². The second-order valence-electron chi connectivity index (χ2n) is 6.46. The van der Waals surface area contributed by atoms with Crippen LogP contribution in [-0.4, -0.2) is 48.3 Å². The lowest BCUT2D eigenvalue weighted by atomic mass is 9.91. The van der Waals surface area contributed by atoms with Gasteiger partial charge in [-0.05, 0) is 24.0 Å². The Labute approximate surface area is 149 Å². The quantitative estimate of drug-likeness (QED) is 0.822. The maximum atomic E-state index is 12.9. The van der Waals surface area contributed by atoms with Gasteiger partial charge in [0, 0.05) is 19.6 Å². The van der Waals surface area contributed by atoms with E-state index in [1.165, 1.54) is 0 Å². The van der Waals surface area contributed by atoms with Crippen LogP contribution >= 0.6 is 0 Å². The molecule has 1 saturated heterocycles. The molecule has 1 aliphatic heterocycles. The van der Waals surface area contributed by atoms with Crippen molar-refractivity contribution >= 4 is 5.97 Å². The first-order valence-corrected chi connectivity index (χ1v) is 8.91. The van der Waals surface area contributed by atoms with Gasteiger partial charge in [-0.3, -0.25) is 4.79 Å². The van der Waals surface area contributed by atoms with Crippen LogP contribution in [0.15, 0.2) is 60.7 Å². The molecule has 0 bridgehead atoms. The van der Waals surface area contributed by atoms with Crippen LogP contribution in [0, 0.1) is 0 Å². The van der Waals surface area contributed by atoms with Gasteiger partial charge in [-0.1, -0.05) is 60.7 Å². The molecule has 0 spiro atoms. The number of carbonyl (C=O) groups excluding carboxylic acids is 1. The van der Waals surface area contributed by atoms with Crippen LogP contribution in [0.5, 0.6) is 0 Å². The van der Waals surface area contributed by atoms with Crippen molar-refractivity contribution in [2.24, 2.45) is 0 Å². The Bertz CT molecular complexity index is 612. The summed E-state index contributed by atoms with van der Waals surface area (Å²) >= 11 is 0. The van der Waals surface area contributed by atoms with Gasteiger partial charge in [-0.15, -0.1) is 0 Å². The molecule has 0 atom stereocenters. The minimum absolute atomic E-state index is 0.0441. The van der Waals surface area contributed by atoms with Crippen LogP contribution in [0.1, 0.15) is 29.9 Å². The Hall–Kier alpha value is -2.17. The minimum atomic E-state index is -0.391. The van der Waals surface area contributed by atoms with Crippen molar-refractivity contribution in [1.29, 1.82) is 0 Å². The van der Waals surface area contributed by atoms with Crippen molar-refractivity contribution in [2.45, 2.75) is 24.9 Å².